The second-order valence-corrected chi connectivity index (χ2v) is 2.55. The quantitative estimate of drug-likeness (QED) is 0.676. The minimum absolute atomic E-state index is 0.0417. The predicted octanol–water partition coefficient (Wildman–Crippen LogP) is 1.80. The molecule has 1 heterocycles. The summed E-state index contributed by atoms with van der Waals surface area (Å²) in [6, 6.07) is 1.06. The lowest BCUT2D eigenvalue weighted by Crippen LogP contribution is -2.09. The van der Waals surface area contributed by atoms with E-state index in [4.69, 9.17) is 5.73 Å². The van der Waals surface area contributed by atoms with Gasteiger partial charge < -0.3 is 10.7 Å². The summed E-state index contributed by atoms with van der Waals surface area (Å²) in [7, 11) is 0. The lowest BCUT2D eigenvalue weighted by molar-refractivity contribution is -0.138. The Morgan fingerprint density at radius 1 is 1.50 bits per heavy atom. The van der Waals surface area contributed by atoms with Crippen LogP contribution in [0.25, 0.3) is 0 Å². The van der Waals surface area contributed by atoms with Crippen molar-refractivity contribution in [1.29, 1.82) is 0 Å². The van der Waals surface area contributed by atoms with Crippen LogP contribution < -0.4 is 5.73 Å². The largest absolute Gasteiger partial charge is 0.418 e. The fourth-order valence-electron chi connectivity index (χ4n) is 1.06. The zero-order valence-corrected chi connectivity index (χ0v) is 6.50. The third-order valence-electron chi connectivity index (χ3n) is 1.54. The lowest BCUT2D eigenvalue weighted by Gasteiger charge is -2.05. The van der Waals surface area contributed by atoms with Crippen LogP contribution in [0.3, 0.4) is 0 Å². The highest BCUT2D eigenvalue weighted by atomic mass is 19.4. The minimum Gasteiger partial charge on any atom is -0.361 e. The Kier molecular flexibility index (Phi) is 2.14. The summed E-state index contributed by atoms with van der Waals surface area (Å²) in [5.74, 6) is 0. The van der Waals surface area contributed by atoms with Crippen molar-refractivity contribution in [2.24, 2.45) is 5.73 Å². The summed E-state index contributed by atoms with van der Waals surface area (Å²) in [5.41, 5.74) is 4.98. The Hall–Kier alpha value is -0.970. The van der Waals surface area contributed by atoms with Gasteiger partial charge in [-0.05, 0) is 13.0 Å². The maximum absolute atomic E-state index is 12.2. The van der Waals surface area contributed by atoms with Crippen molar-refractivity contribution in [1.82, 2.24) is 4.98 Å². The normalized spacial score (nSPS) is 12.1. The first-order chi connectivity index (χ1) is 5.45. The molecule has 0 unspecified atom stereocenters. The molecule has 1 aromatic rings. The Bertz CT molecular complexity index is 275. The Morgan fingerprint density at radius 3 is 2.42 bits per heavy atom. The van der Waals surface area contributed by atoms with Crippen molar-refractivity contribution in [3.63, 3.8) is 0 Å². The number of hydrogen-bond donors (Lipinski definition) is 2. The summed E-state index contributed by atoms with van der Waals surface area (Å²) >= 11 is 0. The van der Waals surface area contributed by atoms with Crippen molar-refractivity contribution in [3.8, 4) is 0 Å². The molecule has 0 amide bonds. The predicted molar refractivity (Wildman–Crippen MR) is 38.4 cm³/mol. The molecule has 12 heavy (non-hydrogen) atoms. The Labute approximate surface area is 67.6 Å². The molecule has 2 nitrogen and oxygen atoms in total. The highest BCUT2D eigenvalue weighted by Crippen LogP contribution is 2.32. The molecule has 1 rings (SSSR count). The zero-order valence-electron chi connectivity index (χ0n) is 6.50. The van der Waals surface area contributed by atoms with Gasteiger partial charge in [0.05, 0.1) is 5.56 Å². The van der Waals surface area contributed by atoms with Crippen LogP contribution in [0.2, 0.25) is 0 Å². The van der Waals surface area contributed by atoms with Gasteiger partial charge in [0.25, 0.3) is 0 Å². The van der Waals surface area contributed by atoms with E-state index in [1.165, 1.54) is 0 Å². The van der Waals surface area contributed by atoms with E-state index in [-0.39, 0.29) is 12.2 Å². The molecule has 0 aliphatic rings. The van der Waals surface area contributed by atoms with Gasteiger partial charge in [0.2, 0.25) is 0 Å². The molecule has 0 atom stereocenters. The van der Waals surface area contributed by atoms with Crippen molar-refractivity contribution in [2.45, 2.75) is 19.6 Å². The van der Waals surface area contributed by atoms with Crippen molar-refractivity contribution in [2.75, 3.05) is 0 Å². The van der Waals surface area contributed by atoms with Crippen LogP contribution in [0.4, 0.5) is 13.2 Å². The van der Waals surface area contributed by atoms with E-state index >= 15 is 0 Å². The van der Waals surface area contributed by atoms with Crippen molar-refractivity contribution < 1.29 is 13.2 Å². The Morgan fingerprint density at radius 2 is 2.08 bits per heavy atom. The van der Waals surface area contributed by atoms with E-state index in [1.807, 2.05) is 0 Å². The molecule has 0 saturated heterocycles. The van der Waals surface area contributed by atoms with Gasteiger partial charge in [0, 0.05) is 17.9 Å². The van der Waals surface area contributed by atoms with Crippen LogP contribution in [0.1, 0.15) is 17.0 Å². The number of alkyl halides is 3. The first kappa shape index (κ1) is 9.12. The number of nitrogens with one attached hydrogen (secondary N) is 1. The summed E-state index contributed by atoms with van der Waals surface area (Å²) < 4.78 is 36.5. The van der Waals surface area contributed by atoms with Gasteiger partial charge in [-0.1, -0.05) is 0 Å². The van der Waals surface area contributed by atoms with Crippen molar-refractivity contribution >= 4 is 0 Å². The molecule has 0 bridgehead atoms. The van der Waals surface area contributed by atoms with Gasteiger partial charge in [-0.25, -0.2) is 0 Å². The molecule has 0 saturated carbocycles. The second-order valence-electron chi connectivity index (χ2n) is 2.55. The molecule has 0 spiro atoms. The number of nitrogens with two attached hydrogens (primary N) is 1. The summed E-state index contributed by atoms with van der Waals surface area (Å²) in [5, 5.41) is 0. The van der Waals surface area contributed by atoms with E-state index < -0.39 is 11.7 Å². The summed E-state index contributed by atoms with van der Waals surface area (Å²) in [4.78, 5) is 2.56. The van der Waals surface area contributed by atoms with Gasteiger partial charge in [-0.15, -0.1) is 0 Å². The number of aromatic amines is 1. The maximum Gasteiger partial charge on any atom is 0.418 e. The van der Waals surface area contributed by atoms with Crippen molar-refractivity contribution in [3.05, 3.63) is 23.0 Å². The van der Waals surface area contributed by atoms with Gasteiger partial charge in [-0.3, -0.25) is 0 Å². The van der Waals surface area contributed by atoms with Gasteiger partial charge in [0.15, 0.2) is 0 Å². The number of hydrogen-bond acceptors (Lipinski definition) is 1. The molecule has 0 radical (unpaired) electrons. The van der Waals surface area contributed by atoms with E-state index in [2.05, 4.69) is 4.98 Å². The number of halogens is 3. The lowest BCUT2D eigenvalue weighted by atomic mass is 10.2. The average Bonchev–Trinajstić information content (AvgIpc) is 2.29. The topological polar surface area (TPSA) is 41.8 Å². The molecule has 0 aliphatic heterocycles. The fraction of sp³-hybridized carbons (Fsp3) is 0.429. The Balaban J connectivity index is 3.13. The van der Waals surface area contributed by atoms with Gasteiger partial charge in [-0.2, -0.15) is 13.2 Å². The van der Waals surface area contributed by atoms with E-state index in [1.54, 1.807) is 6.92 Å². The first-order valence-electron chi connectivity index (χ1n) is 3.41. The highest BCUT2D eigenvalue weighted by molar-refractivity contribution is 5.27. The zero-order chi connectivity index (χ0) is 9.35. The van der Waals surface area contributed by atoms with E-state index in [9.17, 15) is 13.2 Å². The molecule has 0 fully saturated rings. The third-order valence-corrected chi connectivity index (χ3v) is 1.54. The van der Waals surface area contributed by atoms with Crippen LogP contribution in [-0.2, 0) is 12.7 Å². The second kappa shape index (κ2) is 2.82. The summed E-state index contributed by atoms with van der Waals surface area (Å²) in [6.07, 6.45) is -4.31. The molecular formula is C7H9F3N2. The van der Waals surface area contributed by atoms with Gasteiger partial charge >= 0.3 is 6.18 Å². The molecule has 0 aliphatic carbocycles. The SMILES string of the molecule is Cc1cc(C(F)(F)F)c(CN)[nH]1. The maximum atomic E-state index is 12.2. The number of H-pyrrole nitrogens is 1. The molecular weight excluding hydrogens is 169 g/mol. The van der Waals surface area contributed by atoms with Crippen LogP contribution >= 0.6 is 0 Å². The molecule has 5 heteroatoms. The highest BCUT2D eigenvalue weighted by Gasteiger charge is 2.34. The number of aryl methyl sites for hydroxylation is 1. The molecule has 1 aromatic heterocycles. The minimum atomic E-state index is -4.31. The van der Waals surface area contributed by atoms with E-state index in [0.29, 0.717) is 5.69 Å². The smallest absolute Gasteiger partial charge is 0.361 e. The van der Waals surface area contributed by atoms with E-state index in [0.717, 1.165) is 6.07 Å². The standard InChI is InChI=1S/C7H9F3N2/c1-4-2-5(7(8,9)10)6(3-11)12-4/h2,12H,3,11H2,1H3. The van der Waals surface area contributed by atoms with Crippen LogP contribution in [0, 0.1) is 6.92 Å². The third kappa shape index (κ3) is 1.61. The molecule has 3 N–H and O–H groups in total. The number of aromatic nitrogens is 1. The summed E-state index contributed by atoms with van der Waals surface area (Å²) in [6.45, 7) is 1.44. The van der Waals surface area contributed by atoms with Crippen LogP contribution in [0.15, 0.2) is 6.07 Å². The molecule has 68 valence electrons. The van der Waals surface area contributed by atoms with Crippen LogP contribution in [-0.4, -0.2) is 4.98 Å². The van der Waals surface area contributed by atoms with Crippen LogP contribution in [0.5, 0.6) is 0 Å². The monoisotopic (exact) mass is 178 g/mol. The average molecular weight is 178 g/mol. The number of rotatable bonds is 1. The first-order valence-corrected chi connectivity index (χ1v) is 3.41. The molecule has 0 aromatic carbocycles. The van der Waals surface area contributed by atoms with Gasteiger partial charge in [0.1, 0.15) is 0 Å². The fourth-order valence-corrected chi connectivity index (χ4v) is 1.06.